The van der Waals surface area contributed by atoms with Gasteiger partial charge in [0.1, 0.15) is 5.82 Å². The molecule has 2 aromatic rings. The van der Waals surface area contributed by atoms with Crippen LogP contribution in [0.5, 0.6) is 0 Å². The van der Waals surface area contributed by atoms with E-state index in [9.17, 15) is 4.39 Å². The topological polar surface area (TPSA) is 17.8 Å². The molecule has 0 amide bonds. The molecule has 0 fully saturated rings. The predicted molar refractivity (Wildman–Crippen MR) is 58.3 cm³/mol. The van der Waals surface area contributed by atoms with Crippen molar-refractivity contribution in [1.82, 2.24) is 9.78 Å². The highest BCUT2D eigenvalue weighted by atomic mass is 35.5. The number of alkyl halides is 1. The van der Waals surface area contributed by atoms with Gasteiger partial charge in [0.2, 0.25) is 0 Å². The molecule has 2 rings (SSSR count). The molecule has 0 N–H and O–H groups in total. The summed E-state index contributed by atoms with van der Waals surface area (Å²) in [6.45, 7) is 0.683. The Labute approximate surface area is 92.3 Å². The molecule has 0 aliphatic carbocycles. The van der Waals surface area contributed by atoms with Gasteiger partial charge in [0.05, 0.1) is 12.2 Å². The van der Waals surface area contributed by atoms with E-state index in [-0.39, 0.29) is 5.82 Å². The number of aryl methyl sites for hydroxylation is 1. The first-order chi connectivity index (χ1) is 7.29. The van der Waals surface area contributed by atoms with E-state index < -0.39 is 0 Å². The summed E-state index contributed by atoms with van der Waals surface area (Å²) in [5, 5.41) is 4.31. The second kappa shape index (κ2) is 4.45. The van der Waals surface area contributed by atoms with Crippen molar-refractivity contribution >= 4 is 11.6 Å². The average Bonchev–Trinajstić information content (AvgIpc) is 2.68. The molecule has 0 aliphatic heterocycles. The zero-order valence-electron chi connectivity index (χ0n) is 8.03. The molecule has 78 valence electrons. The van der Waals surface area contributed by atoms with Crippen LogP contribution in [0.2, 0.25) is 0 Å². The maximum absolute atomic E-state index is 12.7. The summed E-state index contributed by atoms with van der Waals surface area (Å²) in [4.78, 5) is 0. The van der Waals surface area contributed by atoms with Crippen LogP contribution in [0.4, 0.5) is 4.39 Å². The van der Waals surface area contributed by atoms with Crippen LogP contribution in [0.1, 0.15) is 0 Å². The van der Waals surface area contributed by atoms with E-state index in [1.54, 1.807) is 16.8 Å². The zero-order chi connectivity index (χ0) is 10.7. The normalized spacial score (nSPS) is 10.5. The molecular formula is C11H10ClFN2. The third kappa shape index (κ3) is 2.36. The standard InChI is InChI=1S/C11H10ClFN2/c12-6-8-15-7-5-11(14-15)9-1-3-10(13)4-2-9/h1-5,7H,6,8H2. The minimum Gasteiger partial charge on any atom is -0.271 e. The lowest BCUT2D eigenvalue weighted by Crippen LogP contribution is -1.99. The Hall–Kier alpha value is -1.35. The van der Waals surface area contributed by atoms with Gasteiger partial charge < -0.3 is 0 Å². The smallest absolute Gasteiger partial charge is 0.123 e. The molecule has 0 aliphatic rings. The second-order valence-corrected chi connectivity index (χ2v) is 3.54. The highest BCUT2D eigenvalue weighted by Crippen LogP contribution is 2.16. The number of benzene rings is 1. The molecule has 0 saturated heterocycles. The fourth-order valence-corrected chi connectivity index (χ4v) is 1.52. The lowest BCUT2D eigenvalue weighted by molar-refractivity contribution is 0.628. The maximum atomic E-state index is 12.7. The van der Waals surface area contributed by atoms with Crippen LogP contribution in [0.25, 0.3) is 11.3 Å². The summed E-state index contributed by atoms with van der Waals surface area (Å²) in [7, 11) is 0. The van der Waals surface area contributed by atoms with Gasteiger partial charge in [0.15, 0.2) is 0 Å². The molecule has 0 unspecified atom stereocenters. The van der Waals surface area contributed by atoms with Crippen molar-refractivity contribution in [1.29, 1.82) is 0 Å². The molecule has 1 aromatic carbocycles. The largest absolute Gasteiger partial charge is 0.271 e. The maximum Gasteiger partial charge on any atom is 0.123 e. The van der Waals surface area contributed by atoms with Gasteiger partial charge in [-0.05, 0) is 30.3 Å². The SMILES string of the molecule is Fc1ccc(-c2ccn(CCCl)n2)cc1. The highest BCUT2D eigenvalue weighted by molar-refractivity contribution is 6.17. The van der Waals surface area contributed by atoms with Gasteiger partial charge in [-0.25, -0.2) is 4.39 Å². The van der Waals surface area contributed by atoms with E-state index in [0.717, 1.165) is 11.3 Å². The number of hydrogen-bond donors (Lipinski definition) is 0. The lowest BCUT2D eigenvalue weighted by atomic mass is 10.1. The van der Waals surface area contributed by atoms with Gasteiger partial charge in [-0.3, -0.25) is 4.68 Å². The summed E-state index contributed by atoms with van der Waals surface area (Å²) in [5.74, 6) is 0.295. The molecule has 0 bridgehead atoms. The van der Waals surface area contributed by atoms with Crippen LogP contribution in [0.3, 0.4) is 0 Å². The van der Waals surface area contributed by atoms with Crippen molar-refractivity contribution in [2.24, 2.45) is 0 Å². The summed E-state index contributed by atoms with van der Waals surface area (Å²) < 4.78 is 14.5. The first-order valence-electron chi connectivity index (χ1n) is 4.65. The summed E-state index contributed by atoms with van der Waals surface area (Å²) in [6, 6.07) is 8.16. The van der Waals surface area contributed by atoms with E-state index in [4.69, 9.17) is 11.6 Å². The Bertz CT molecular complexity index is 436. The van der Waals surface area contributed by atoms with Gasteiger partial charge in [0, 0.05) is 17.6 Å². The Kier molecular flexibility index (Phi) is 3.02. The number of halogens is 2. The Morgan fingerprint density at radius 2 is 1.93 bits per heavy atom. The van der Waals surface area contributed by atoms with Gasteiger partial charge in [0.25, 0.3) is 0 Å². The van der Waals surface area contributed by atoms with E-state index in [1.165, 1.54) is 12.1 Å². The molecule has 1 aromatic heterocycles. The zero-order valence-corrected chi connectivity index (χ0v) is 8.78. The van der Waals surface area contributed by atoms with Crippen molar-refractivity contribution in [3.05, 3.63) is 42.3 Å². The third-order valence-corrected chi connectivity index (χ3v) is 2.26. The first-order valence-corrected chi connectivity index (χ1v) is 5.18. The van der Waals surface area contributed by atoms with Crippen molar-refractivity contribution in [2.75, 3.05) is 5.88 Å². The molecule has 2 nitrogen and oxygen atoms in total. The number of aromatic nitrogens is 2. The summed E-state index contributed by atoms with van der Waals surface area (Å²) in [5.41, 5.74) is 1.74. The van der Waals surface area contributed by atoms with E-state index in [0.29, 0.717) is 12.4 Å². The highest BCUT2D eigenvalue weighted by Gasteiger charge is 2.01. The predicted octanol–water partition coefficient (Wildman–Crippen LogP) is 2.93. The minimum atomic E-state index is -0.237. The van der Waals surface area contributed by atoms with Crippen LogP contribution < -0.4 is 0 Å². The van der Waals surface area contributed by atoms with Crippen molar-refractivity contribution < 1.29 is 4.39 Å². The number of nitrogens with zero attached hydrogens (tertiary/aromatic N) is 2. The first kappa shape index (κ1) is 10.2. The van der Waals surface area contributed by atoms with Crippen LogP contribution in [0, 0.1) is 5.82 Å². The number of rotatable bonds is 3. The quantitative estimate of drug-likeness (QED) is 0.733. The second-order valence-electron chi connectivity index (χ2n) is 3.16. The van der Waals surface area contributed by atoms with Crippen LogP contribution in [-0.2, 0) is 6.54 Å². The molecular weight excluding hydrogens is 215 g/mol. The van der Waals surface area contributed by atoms with Crippen molar-refractivity contribution in [3.63, 3.8) is 0 Å². The summed E-state index contributed by atoms with van der Waals surface area (Å²) in [6.07, 6.45) is 1.86. The lowest BCUT2D eigenvalue weighted by Gasteiger charge is -1.97. The Morgan fingerprint density at radius 3 is 2.60 bits per heavy atom. The average molecular weight is 225 g/mol. The van der Waals surface area contributed by atoms with Gasteiger partial charge in [-0.1, -0.05) is 0 Å². The fraction of sp³-hybridized carbons (Fsp3) is 0.182. The molecule has 4 heteroatoms. The Balaban J connectivity index is 2.25. The molecule has 0 spiro atoms. The van der Waals surface area contributed by atoms with Crippen LogP contribution in [0.15, 0.2) is 36.5 Å². The van der Waals surface area contributed by atoms with Gasteiger partial charge >= 0.3 is 0 Å². The molecule has 15 heavy (non-hydrogen) atoms. The minimum absolute atomic E-state index is 0.237. The van der Waals surface area contributed by atoms with E-state index in [2.05, 4.69) is 5.10 Å². The Morgan fingerprint density at radius 1 is 1.20 bits per heavy atom. The molecule has 0 saturated carbocycles. The van der Waals surface area contributed by atoms with E-state index in [1.807, 2.05) is 12.3 Å². The number of hydrogen-bond acceptors (Lipinski definition) is 1. The van der Waals surface area contributed by atoms with Gasteiger partial charge in [-0.2, -0.15) is 5.10 Å². The van der Waals surface area contributed by atoms with E-state index >= 15 is 0 Å². The monoisotopic (exact) mass is 224 g/mol. The molecule has 0 radical (unpaired) electrons. The van der Waals surface area contributed by atoms with Crippen molar-refractivity contribution in [2.45, 2.75) is 6.54 Å². The molecule has 1 heterocycles. The third-order valence-electron chi connectivity index (χ3n) is 2.09. The van der Waals surface area contributed by atoms with Crippen molar-refractivity contribution in [3.8, 4) is 11.3 Å². The van der Waals surface area contributed by atoms with Crippen LogP contribution >= 0.6 is 11.6 Å². The summed E-state index contributed by atoms with van der Waals surface area (Å²) >= 11 is 5.60. The van der Waals surface area contributed by atoms with Gasteiger partial charge in [-0.15, -0.1) is 11.6 Å². The van der Waals surface area contributed by atoms with Crippen LogP contribution in [-0.4, -0.2) is 15.7 Å². The molecule has 0 atom stereocenters. The fourth-order valence-electron chi connectivity index (χ4n) is 1.35.